The maximum absolute atomic E-state index is 13.9. The Morgan fingerprint density at radius 1 is 1.07 bits per heavy atom. The summed E-state index contributed by atoms with van der Waals surface area (Å²) in [7, 11) is 0. The Hall–Kier alpha value is -3.44. The minimum absolute atomic E-state index is 0.00868. The van der Waals surface area contributed by atoms with Gasteiger partial charge in [-0.25, -0.2) is 9.18 Å². The van der Waals surface area contributed by atoms with E-state index >= 15 is 0 Å². The molecule has 0 saturated heterocycles. The molecule has 0 amide bonds. The molecule has 0 spiro atoms. The quantitative estimate of drug-likeness (QED) is 0.320. The van der Waals surface area contributed by atoms with E-state index in [-0.39, 0.29) is 22.9 Å². The lowest BCUT2D eigenvalue weighted by atomic mass is 10.1. The van der Waals surface area contributed by atoms with E-state index in [1.807, 2.05) is 0 Å². The van der Waals surface area contributed by atoms with Gasteiger partial charge in [0.2, 0.25) is 5.78 Å². The topological polar surface area (TPSA) is 52.6 Å². The number of fused-ring (bicyclic) bond motifs is 1. The summed E-state index contributed by atoms with van der Waals surface area (Å²) in [5.41, 5.74) is 1.41. The third kappa shape index (κ3) is 3.65. The molecule has 0 bridgehead atoms. The van der Waals surface area contributed by atoms with Gasteiger partial charge in [-0.2, -0.15) is 0 Å². The highest BCUT2D eigenvalue weighted by Crippen LogP contribution is 2.39. The van der Waals surface area contributed by atoms with Crippen molar-refractivity contribution in [1.29, 1.82) is 0 Å². The Kier molecular flexibility index (Phi) is 4.91. The van der Waals surface area contributed by atoms with Gasteiger partial charge < -0.3 is 9.47 Å². The van der Waals surface area contributed by atoms with Crippen molar-refractivity contribution in [2.45, 2.75) is 6.92 Å². The molecule has 0 saturated carbocycles. The number of carbonyl (C=O) groups excluding carboxylic acids is 2. The monoisotopic (exact) mass is 408 g/mol. The predicted octanol–water partition coefficient (Wildman–Crippen LogP) is 5.62. The molecule has 144 valence electrons. The van der Waals surface area contributed by atoms with Crippen LogP contribution in [0.4, 0.5) is 4.39 Å². The van der Waals surface area contributed by atoms with Gasteiger partial charge in [0.15, 0.2) is 5.76 Å². The number of allylic oxidation sites excluding steroid dienone is 1. The molecule has 0 unspecified atom stereocenters. The largest absolute Gasteiger partial charge is 0.452 e. The highest BCUT2D eigenvalue weighted by Gasteiger charge is 2.30. The first-order valence-electron chi connectivity index (χ1n) is 8.74. The van der Waals surface area contributed by atoms with Gasteiger partial charge in [-0.05, 0) is 55.5 Å². The van der Waals surface area contributed by atoms with Gasteiger partial charge >= 0.3 is 5.97 Å². The van der Waals surface area contributed by atoms with Gasteiger partial charge in [0.05, 0.1) is 11.1 Å². The van der Waals surface area contributed by atoms with Crippen molar-refractivity contribution in [1.82, 2.24) is 0 Å². The Bertz CT molecular complexity index is 1170. The zero-order valence-corrected chi connectivity index (χ0v) is 16.0. The molecule has 0 radical (unpaired) electrons. The van der Waals surface area contributed by atoms with E-state index < -0.39 is 11.8 Å². The van der Waals surface area contributed by atoms with E-state index in [2.05, 4.69) is 0 Å². The third-order valence-electron chi connectivity index (χ3n) is 4.51. The minimum atomic E-state index is -0.559. The van der Waals surface area contributed by atoms with E-state index in [1.54, 1.807) is 49.4 Å². The summed E-state index contributed by atoms with van der Waals surface area (Å²) >= 11 is 5.83. The Morgan fingerprint density at radius 2 is 1.79 bits per heavy atom. The molecule has 1 aliphatic heterocycles. The first kappa shape index (κ1) is 18.9. The highest BCUT2D eigenvalue weighted by atomic mass is 35.5. The fourth-order valence-electron chi connectivity index (χ4n) is 2.96. The van der Waals surface area contributed by atoms with Crippen LogP contribution in [0.1, 0.15) is 31.8 Å². The first-order chi connectivity index (χ1) is 13.9. The van der Waals surface area contributed by atoms with Crippen molar-refractivity contribution in [3.63, 3.8) is 0 Å². The lowest BCUT2D eigenvalue weighted by molar-refractivity contribution is 0.0733. The highest BCUT2D eigenvalue weighted by molar-refractivity contribution is 6.30. The molecule has 0 N–H and O–H groups in total. The van der Waals surface area contributed by atoms with Gasteiger partial charge in [0.1, 0.15) is 17.3 Å². The molecule has 0 aromatic heterocycles. The van der Waals surface area contributed by atoms with Crippen LogP contribution in [-0.2, 0) is 0 Å². The van der Waals surface area contributed by atoms with Crippen LogP contribution in [0.15, 0.2) is 66.4 Å². The summed E-state index contributed by atoms with van der Waals surface area (Å²) < 4.78 is 25.0. The van der Waals surface area contributed by atoms with Crippen LogP contribution < -0.4 is 9.47 Å². The van der Waals surface area contributed by atoms with Crippen molar-refractivity contribution >= 4 is 29.4 Å². The van der Waals surface area contributed by atoms with Gasteiger partial charge in [-0.15, -0.1) is 0 Å². The molecule has 0 fully saturated rings. The summed E-state index contributed by atoms with van der Waals surface area (Å²) in [6.45, 7) is 1.68. The minimum Gasteiger partial charge on any atom is -0.452 e. The van der Waals surface area contributed by atoms with Gasteiger partial charge in [-0.1, -0.05) is 29.8 Å². The zero-order chi connectivity index (χ0) is 20.5. The molecule has 1 heterocycles. The van der Waals surface area contributed by atoms with Crippen molar-refractivity contribution in [2.75, 3.05) is 0 Å². The average Bonchev–Trinajstić information content (AvgIpc) is 3.03. The second-order valence-corrected chi connectivity index (χ2v) is 6.86. The normalized spacial score (nSPS) is 13.9. The lowest BCUT2D eigenvalue weighted by Crippen LogP contribution is -2.09. The van der Waals surface area contributed by atoms with Gasteiger partial charge in [-0.3, -0.25) is 4.79 Å². The second kappa shape index (κ2) is 7.53. The van der Waals surface area contributed by atoms with Crippen molar-refractivity contribution in [3.8, 4) is 11.5 Å². The van der Waals surface area contributed by atoms with E-state index in [0.29, 0.717) is 27.5 Å². The third-order valence-corrected chi connectivity index (χ3v) is 4.76. The van der Waals surface area contributed by atoms with Crippen LogP contribution in [-0.4, -0.2) is 11.8 Å². The number of esters is 1. The summed E-state index contributed by atoms with van der Waals surface area (Å²) in [5.74, 6) is -0.809. The van der Waals surface area contributed by atoms with Crippen LogP contribution in [0.3, 0.4) is 0 Å². The Morgan fingerprint density at radius 3 is 2.52 bits per heavy atom. The van der Waals surface area contributed by atoms with Crippen LogP contribution in [0.2, 0.25) is 5.02 Å². The van der Waals surface area contributed by atoms with Crippen molar-refractivity contribution in [2.24, 2.45) is 0 Å². The SMILES string of the molecule is Cc1c(OC(=O)c2ccc(Cl)cc2)ccc2c1O/C(=C\c1ccccc1F)C2=O. The summed E-state index contributed by atoms with van der Waals surface area (Å²) in [4.78, 5) is 25.0. The molecule has 3 aromatic rings. The Labute approximate surface area is 171 Å². The van der Waals surface area contributed by atoms with Gasteiger partial charge in [0.25, 0.3) is 0 Å². The molecule has 4 rings (SSSR count). The van der Waals surface area contributed by atoms with E-state index in [4.69, 9.17) is 21.1 Å². The molecule has 4 nitrogen and oxygen atoms in total. The number of hydrogen-bond donors (Lipinski definition) is 0. The zero-order valence-electron chi connectivity index (χ0n) is 15.2. The van der Waals surface area contributed by atoms with Crippen LogP contribution in [0.25, 0.3) is 6.08 Å². The molecular formula is C23H14ClFO4. The number of ketones is 1. The number of Topliss-reactive ketones (excluding diaryl/α,β-unsaturated/α-hetero) is 1. The summed E-state index contributed by atoms with van der Waals surface area (Å²) in [6.07, 6.45) is 1.36. The summed E-state index contributed by atoms with van der Waals surface area (Å²) in [6, 6.07) is 15.4. The lowest BCUT2D eigenvalue weighted by Gasteiger charge is -2.10. The van der Waals surface area contributed by atoms with Crippen LogP contribution in [0, 0.1) is 12.7 Å². The standard InChI is InChI=1S/C23H14ClFO4/c1-13-19(29-23(27)14-6-8-16(24)9-7-14)11-10-17-21(26)20(28-22(13)17)12-15-4-2-3-5-18(15)25/h2-12H,1H3/b20-12-. The summed E-state index contributed by atoms with van der Waals surface area (Å²) in [5, 5.41) is 0.511. The van der Waals surface area contributed by atoms with Crippen molar-refractivity contribution < 1.29 is 23.5 Å². The first-order valence-corrected chi connectivity index (χ1v) is 9.12. The smallest absolute Gasteiger partial charge is 0.343 e. The molecule has 0 aliphatic carbocycles. The number of rotatable bonds is 3. The number of halogens is 2. The molecule has 0 atom stereocenters. The van der Waals surface area contributed by atoms with Gasteiger partial charge in [0, 0.05) is 16.1 Å². The second-order valence-electron chi connectivity index (χ2n) is 6.42. The predicted molar refractivity (Wildman–Crippen MR) is 107 cm³/mol. The van der Waals surface area contributed by atoms with E-state index in [9.17, 15) is 14.0 Å². The van der Waals surface area contributed by atoms with E-state index in [0.717, 1.165) is 0 Å². The molecule has 3 aromatic carbocycles. The fraction of sp³-hybridized carbons (Fsp3) is 0.0435. The number of benzene rings is 3. The fourth-order valence-corrected chi connectivity index (χ4v) is 3.08. The van der Waals surface area contributed by atoms with Crippen molar-refractivity contribution in [3.05, 3.63) is 99.5 Å². The maximum atomic E-state index is 13.9. The molecule has 1 aliphatic rings. The van der Waals surface area contributed by atoms with Crippen LogP contribution in [0.5, 0.6) is 11.5 Å². The van der Waals surface area contributed by atoms with E-state index in [1.165, 1.54) is 24.3 Å². The molecular weight excluding hydrogens is 395 g/mol. The number of hydrogen-bond acceptors (Lipinski definition) is 4. The average molecular weight is 409 g/mol. The maximum Gasteiger partial charge on any atom is 0.343 e. The van der Waals surface area contributed by atoms with Crippen LogP contribution >= 0.6 is 11.6 Å². The molecule has 6 heteroatoms. The Balaban J connectivity index is 1.62. The number of carbonyl (C=O) groups is 2. The number of ether oxygens (including phenoxy) is 2. The molecule has 29 heavy (non-hydrogen) atoms.